The number of aromatic nitrogens is 6. The van der Waals surface area contributed by atoms with Crippen molar-refractivity contribution in [1.82, 2.24) is 34.7 Å². The standard InChI is InChI=1S/C21H27N7O2/c1-30-12-18-11-27(25-24-18)20-6-16-9-26(10-17(16)7-21(20)29)8-15-2-4-19(5-3-15)28-14-22-13-23-28/h2-5,11,13-14,16-17,20-21,29H,6-10,12H2,1H3/t16-,17+,20-,21-/m1/s1. The maximum Gasteiger partial charge on any atom is 0.138 e. The van der Waals surface area contributed by atoms with Gasteiger partial charge in [0.15, 0.2) is 0 Å². The first-order valence-electron chi connectivity index (χ1n) is 10.4. The van der Waals surface area contributed by atoms with E-state index in [2.05, 4.69) is 49.6 Å². The van der Waals surface area contributed by atoms with Gasteiger partial charge in [0.2, 0.25) is 0 Å². The highest BCUT2D eigenvalue weighted by Gasteiger charge is 2.42. The fraction of sp³-hybridized carbons (Fsp3) is 0.524. The molecular formula is C21H27N7O2. The van der Waals surface area contributed by atoms with Crippen LogP contribution < -0.4 is 0 Å². The maximum atomic E-state index is 10.8. The van der Waals surface area contributed by atoms with Gasteiger partial charge in [-0.25, -0.2) is 14.3 Å². The zero-order valence-corrected chi connectivity index (χ0v) is 17.1. The van der Waals surface area contributed by atoms with Crippen LogP contribution >= 0.6 is 0 Å². The van der Waals surface area contributed by atoms with Gasteiger partial charge in [0.25, 0.3) is 0 Å². The molecule has 5 rings (SSSR count). The zero-order valence-electron chi connectivity index (χ0n) is 17.1. The Balaban J connectivity index is 1.21. The summed E-state index contributed by atoms with van der Waals surface area (Å²) in [6, 6.07) is 8.46. The average molecular weight is 409 g/mol. The van der Waals surface area contributed by atoms with E-state index in [0.717, 1.165) is 43.9 Å². The minimum atomic E-state index is -0.384. The Kier molecular flexibility index (Phi) is 5.32. The predicted octanol–water partition coefficient (Wildman–Crippen LogP) is 1.45. The van der Waals surface area contributed by atoms with Crippen molar-refractivity contribution >= 4 is 0 Å². The molecule has 4 atom stereocenters. The number of benzene rings is 1. The van der Waals surface area contributed by atoms with E-state index in [1.54, 1.807) is 24.4 Å². The number of aliphatic hydroxyl groups excluding tert-OH is 1. The molecule has 1 aromatic carbocycles. The van der Waals surface area contributed by atoms with Crippen LogP contribution in [0.25, 0.3) is 5.69 Å². The Labute approximate surface area is 175 Å². The normalized spacial score (nSPS) is 26.7. The lowest BCUT2D eigenvalue weighted by molar-refractivity contribution is 0.0298. The Morgan fingerprint density at radius 1 is 1.13 bits per heavy atom. The second-order valence-electron chi connectivity index (χ2n) is 8.45. The van der Waals surface area contributed by atoms with Crippen molar-refractivity contribution in [2.24, 2.45) is 11.8 Å². The van der Waals surface area contributed by atoms with Crippen molar-refractivity contribution in [3.05, 3.63) is 54.4 Å². The average Bonchev–Trinajstić information content (AvgIpc) is 3.49. The number of methoxy groups -OCH3 is 1. The third-order valence-corrected chi connectivity index (χ3v) is 6.40. The topological polar surface area (TPSA) is 94.1 Å². The van der Waals surface area contributed by atoms with Crippen molar-refractivity contribution < 1.29 is 9.84 Å². The van der Waals surface area contributed by atoms with Crippen LogP contribution in [0, 0.1) is 11.8 Å². The summed E-state index contributed by atoms with van der Waals surface area (Å²) in [5.41, 5.74) is 3.10. The summed E-state index contributed by atoms with van der Waals surface area (Å²) in [4.78, 5) is 6.50. The lowest BCUT2D eigenvalue weighted by Gasteiger charge is -2.35. The summed E-state index contributed by atoms with van der Waals surface area (Å²) in [5.74, 6) is 1.11. The fourth-order valence-corrected chi connectivity index (χ4v) is 4.96. The van der Waals surface area contributed by atoms with Gasteiger partial charge >= 0.3 is 0 Å². The summed E-state index contributed by atoms with van der Waals surface area (Å²) < 4.78 is 8.73. The van der Waals surface area contributed by atoms with E-state index in [0.29, 0.717) is 18.4 Å². The molecule has 0 bridgehead atoms. The molecule has 1 saturated carbocycles. The van der Waals surface area contributed by atoms with E-state index >= 15 is 0 Å². The summed E-state index contributed by atoms with van der Waals surface area (Å²) in [5, 5.41) is 23.3. The first kappa shape index (κ1) is 19.3. The summed E-state index contributed by atoms with van der Waals surface area (Å²) in [7, 11) is 1.65. The van der Waals surface area contributed by atoms with E-state index in [-0.39, 0.29) is 12.1 Å². The molecule has 3 heterocycles. The third kappa shape index (κ3) is 3.88. The Morgan fingerprint density at radius 3 is 2.67 bits per heavy atom. The van der Waals surface area contributed by atoms with Crippen molar-refractivity contribution in [2.75, 3.05) is 20.2 Å². The Morgan fingerprint density at radius 2 is 1.93 bits per heavy atom. The van der Waals surface area contributed by atoms with Crippen molar-refractivity contribution in [1.29, 1.82) is 0 Å². The highest BCUT2D eigenvalue weighted by atomic mass is 16.5. The lowest BCUT2D eigenvalue weighted by Crippen LogP contribution is -2.36. The van der Waals surface area contributed by atoms with Gasteiger partial charge in [-0.3, -0.25) is 4.90 Å². The van der Waals surface area contributed by atoms with Crippen molar-refractivity contribution in [3.8, 4) is 5.69 Å². The monoisotopic (exact) mass is 409 g/mol. The molecule has 0 unspecified atom stereocenters. The Hall–Kier alpha value is -2.62. The molecule has 0 radical (unpaired) electrons. The lowest BCUT2D eigenvalue weighted by atomic mass is 9.77. The van der Waals surface area contributed by atoms with Crippen LogP contribution in [0.4, 0.5) is 0 Å². The van der Waals surface area contributed by atoms with Crippen LogP contribution in [0.5, 0.6) is 0 Å². The number of likely N-dealkylation sites (tertiary alicyclic amines) is 1. The molecule has 0 amide bonds. The highest BCUT2D eigenvalue weighted by molar-refractivity contribution is 5.33. The largest absolute Gasteiger partial charge is 0.391 e. The van der Waals surface area contributed by atoms with Gasteiger partial charge < -0.3 is 9.84 Å². The van der Waals surface area contributed by atoms with Crippen LogP contribution in [0.1, 0.15) is 30.1 Å². The second-order valence-corrected chi connectivity index (χ2v) is 8.45. The molecule has 158 valence electrons. The second kappa shape index (κ2) is 8.25. The van der Waals surface area contributed by atoms with Gasteiger partial charge in [-0.1, -0.05) is 17.3 Å². The number of hydrogen-bond acceptors (Lipinski definition) is 7. The molecule has 2 aliphatic rings. The molecule has 30 heavy (non-hydrogen) atoms. The molecule has 9 heteroatoms. The quantitative estimate of drug-likeness (QED) is 0.658. The third-order valence-electron chi connectivity index (χ3n) is 6.40. The molecule has 2 aromatic heterocycles. The first-order chi connectivity index (χ1) is 14.7. The van der Waals surface area contributed by atoms with E-state index in [4.69, 9.17) is 4.74 Å². The number of aliphatic hydroxyl groups is 1. The minimum Gasteiger partial charge on any atom is -0.391 e. The number of hydrogen-bond donors (Lipinski definition) is 1. The highest BCUT2D eigenvalue weighted by Crippen LogP contribution is 2.41. The van der Waals surface area contributed by atoms with Crippen LogP contribution in [0.3, 0.4) is 0 Å². The summed E-state index contributed by atoms with van der Waals surface area (Å²) in [6.45, 7) is 3.45. The smallest absolute Gasteiger partial charge is 0.138 e. The first-order valence-corrected chi connectivity index (χ1v) is 10.4. The van der Waals surface area contributed by atoms with Gasteiger partial charge in [-0.15, -0.1) is 5.10 Å². The van der Waals surface area contributed by atoms with E-state index in [1.807, 2.05) is 10.9 Å². The van der Waals surface area contributed by atoms with Crippen LogP contribution in [-0.4, -0.2) is 66.1 Å². The molecule has 9 nitrogen and oxygen atoms in total. The van der Waals surface area contributed by atoms with E-state index in [9.17, 15) is 5.11 Å². The fourth-order valence-electron chi connectivity index (χ4n) is 4.96. The molecule has 3 aromatic rings. The van der Waals surface area contributed by atoms with Crippen LogP contribution in [0.2, 0.25) is 0 Å². The molecule has 0 spiro atoms. The molecule has 1 aliphatic heterocycles. The van der Waals surface area contributed by atoms with Crippen LogP contribution in [0.15, 0.2) is 43.1 Å². The van der Waals surface area contributed by atoms with Gasteiger partial charge in [-0.2, -0.15) is 5.10 Å². The molecule has 1 N–H and O–H groups in total. The van der Waals surface area contributed by atoms with Gasteiger partial charge in [-0.05, 0) is 42.4 Å². The molecule has 2 fully saturated rings. The summed E-state index contributed by atoms with van der Waals surface area (Å²) in [6.07, 6.45) is 6.51. The van der Waals surface area contributed by atoms with Crippen LogP contribution in [-0.2, 0) is 17.9 Å². The van der Waals surface area contributed by atoms with E-state index in [1.165, 1.54) is 5.56 Å². The number of ether oxygens (including phenoxy) is 1. The van der Waals surface area contributed by atoms with Gasteiger partial charge in [0.1, 0.15) is 18.3 Å². The SMILES string of the molecule is COCc1cn([C@@H]2C[C@@H]3CN(Cc4ccc(-n5cncn5)cc4)C[C@@H]3C[C@H]2O)nn1. The van der Waals surface area contributed by atoms with E-state index < -0.39 is 0 Å². The predicted molar refractivity (Wildman–Crippen MR) is 109 cm³/mol. The molecular weight excluding hydrogens is 382 g/mol. The summed E-state index contributed by atoms with van der Waals surface area (Å²) >= 11 is 0. The number of nitrogens with zero attached hydrogens (tertiary/aromatic N) is 7. The number of rotatable bonds is 6. The molecule has 1 aliphatic carbocycles. The number of fused-ring (bicyclic) bond motifs is 1. The van der Waals surface area contributed by atoms with Crippen molar-refractivity contribution in [2.45, 2.75) is 38.1 Å². The molecule has 1 saturated heterocycles. The zero-order chi connectivity index (χ0) is 20.5. The Bertz CT molecular complexity index is 956. The van der Waals surface area contributed by atoms with Gasteiger partial charge in [0.05, 0.1) is 30.6 Å². The maximum absolute atomic E-state index is 10.8. The minimum absolute atomic E-state index is 0.00808. The van der Waals surface area contributed by atoms with Crippen molar-refractivity contribution in [3.63, 3.8) is 0 Å². The van der Waals surface area contributed by atoms with Gasteiger partial charge in [0, 0.05) is 26.7 Å².